The molecule has 0 N–H and O–H groups in total. The van der Waals surface area contributed by atoms with Crippen molar-refractivity contribution in [3.63, 3.8) is 0 Å². The van der Waals surface area contributed by atoms with E-state index in [4.69, 9.17) is 0 Å². The van der Waals surface area contributed by atoms with Gasteiger partial charge in [0.05, 0.1) is 10.9 Å². The molecule has 0 spiro atoms. The van der Waals surface area contributed by atoms with Gasteiger partial charge in [0, 0.05) is 31.3 Å². The first-order valence-electron chi connectivity index (χ1n) is 9.48. The minimum Gasteiger partial charge on any atom is -0.328 e. The first kappa shape index (κ1) is 18.2. The van der Waals surface area contributed by atoms with Crippen LogP contribution in [0.4, 0.5) is 0 Å². The van der Waals surface area contributed by atoms with Crippen LogP contribution in [-0.4, -0.2) is 46.8 Å². The highest BCUT2D eigenvalue weighted by Gasteiger charge is 2.34. The van der Waals surface area contributed by atoms with Gasteiger partial charge in [-0.3, -0.25) is 4.79 Å². The van der Waals surface area contributed by atoms with Crippen molar-refractivity contribution >= 4 is 15.7 Å². The number of likely N-dealkylation sites (tertiary alicyclic amines) is 1. The van der Waals surface area contributed by atoms with Crippen LogP contribution in [-0.2, 0) is 22.8 Å². The van der Waals surface area contributed by atoms with Crippen LogP contribution in [0.1, 0.15) is 60.2 Å². The Labute approximate surface area is 159 Å². The van der Waals surface area contributed by atoms with E-state index in [1.165, 1.54) is 18.6 Å². The topological polar surface area (TPSA) is 85.2 Å². The van der Waals surface area contributed by atoms with E-state index in [1.807, 2.05) is 4.90 Å². The van der Waals surface area contributed by atoms with Crippen molar-refractivity contribution in [2.75, 3.05) is 12.8 Å². The molecule has 2 aromatic rings. The summed E-state index contributed by atoms with van der Waals surface area (Å²) >= 11 is 0. The van der Waals surface area contributed by atoms with E-state index in [2.05, 4.69) is 14.8 Å². The number of amides is 1. The van der Waals surface area contributed by atoms with E-state index in [1.54, 1.807) is 12.1 Å². The summed E-state index contributed by atoms with van der Waals surface area (Å²) in [6.45, 7) is 1.60. The number of carbonyl (C=O) groups is 1. The number of aromatic nitrogens is 3. The highest BCUT2D eigenvalue weighted by Crippen LogP contribution is 2.33. The molecule has 1 amide bonds. The molecule has 1 aromatic heterocycles. The van der Waals surface area contributed by atoms with Gasteiger partial charge in [-0.25, -0.2) is 8.42 Å². The van der Waals surface area contributed by atoms with Crippen molar-refractivity contribution in [1.82, 2.24) is 19.7 Å². The Morgan fingerprint density at radius 1 is 1.04 bits per heavy atom. The lowest BCUT2D eigenvalue weighted by Crippen LogP contribution is -2.32. The number of rotatable bonds is 3. The first-order chi connectivity index (χ1) is 12.9. The van der Waals surface area contributed by atoms with Crippen molar-refractivity contribution < 1.29 is 13.2 Å². The molecular weight excluding hydrogens is 364 g/mol. The molecule has 144 valence electrons. The molecule has 0 unspecified atom stereocenters. The minimum absolute atomic E-state index is 0.0635. The summed E-state index contributed by atoms with van der Waals surface area (Å²) in [5.41, 5.74) is 0.505. The third-order valence-electron chi connectivity index (χ3n) is 5.48. The second-order valence-corrected chi connectivity index (χ2v) is 9.41. The molecule has 0 bridgehead atoms. The van der Waals surface area contributed by atoms with Crippen LogP contribution in [0, 0.1) is 0 Å². The molecule has 0 radical (unpaired) electrons. The van der Waals surface area contributed by atoms with Gasteiger partial charge in [0.1, 0.15) is 5.82 Å². The average molecular weight is 388 g/mol. The molecule has 2 aliphatic heterocycles. The molecule has 1 aromatic carbocycles. The number of carbonyl (C=O) groups excluding carboxylic acids is 1. The molecule has 8 heteroatoms. The second-order valence-electron chi connectivity index (χ2n) is 7.39. The Balaban J connectivity index is 1.60. The lowest BCUT2D eigenvalue weighted by molar-refractivity contribution is 0.0727. The maximum absolute atomic E-state index is 13.1. The van der Waals surface area contributed by atoms with Gasteiger partial charge in [0.15, 0.2) is 15.7 Å². The number of nitrogens with zero attached hydrogens (tertiary/aromatic N) is 4. The molecule has 1 atom stereocenters. The fourth-order valence-electron chi connectivity index (χ4n) is 4.04. The van der Waals surface area contributed by atoms with E-state index in [9.17, 15) is 13.2 Å². The van der Waals surface area contributed by atoms with Gasteiger partial charge in [-0.1, -0.05) is 6.42 Å². The van der Waals surface area contributed by atoms with Crippen molar-refractivity contribution in [2.24, 2.45) is 0 Å². The zero-order valence-corrected chi connectivity index (χ0v) is 16.3. The average Bonchev–Trinajstić information content (AvgIpc) is 3.21. The Kier molecular flexibility index (Phi) is 4.75. The summed E-state index contributed by atoms with van der Waals surface area (Å²) in [6.07, 6.45) is 7.37. The summed E-state index contributed by atoms with van der Waals surface area (Å²) in [4.78, 5) is 15.1. The molecule has 2 aliphatic rings. The summed E-state index contributed by atoms with van der Waals surface area (Å²) < 4.78 is 25.5. The van der Waals surface area contributed by atoms with Gasteiger partial charge < -0.3 is 9.47 Å². The number of benzene rings is 1. The number of hydrogen-bond acceptors (Lipinski definition) is 5. The zero-order chi connectivity index (χ0) is 19.0. The normalized spacial score (nSPS) is 20.3. The quantitative estimate of drug-likeness (QED) is 0.806. The molecule has 1 saturated heterocycles. The van der Waals surface area contributed by atoms with E-state index >= 15 is 0 Å². The zero-order valence-electron chi connectivity index (χ0n) is 15.5. The Morgan fingerprint density at radius 3 is 2.56 bits per heavy atom. The molecule has 4 rings (SSSR count). The van der Waals surface area contributed by atoms with Gasteiger partial charge in [-0.15, -0.1) is 10.2 Å². The number of aryl methyl sites for hydroxylation is 1. The minimum atomic E-state index is -3.27. The third kappa shape index (κ3) is 3.50. The molecule has 0 aliphatic carbocycles. The van der Waals surface area contributed by atoms with Gasteiger partial charge in [0.2, 0.25) is 0 Å². The largest absolute Gasteiger partial charge is 0.328 e. The summed E-state index contributed by atoms with van der Waals surface area (Å²) in [7, 11) is -3.27. The summed E-state index contributed by atoms with van der Waals surface area (Å²) in [5, 5.41) is 8.81. The van der Waals surface area contributed by atoms with Crippen LogP contribution >= 0.6 is 0 Å². The van der Waals surface area contributed by atoms with Crippen molar-refractivity contribution in [1.29, 1.82) is 0 Å². The van der Waals surface area contributed by atoms with Gasteiger partial charge in [-0.2, -0.15) is 0 Å². The Bertz CT molecular complexity index is 950. The molecule has 1 fully saturated rings. The molecule has 27 heavy (non-hydrogen) atoms. The standard InChI is InChI=1S/C19H24N4O3S/c1-27(25,26)15-10-8-14(9-11-15)19(24)22-13-5-6-16(22)18-21-20-17-7-3-2-4-12-23(17)18/h8-11,16H,2-7,12-13H2,1H3/t16-/m1/s1. The maximum Gasteiger partial charge on any atom is 0.254 e. The lowest BCUT2D eigenvalue weighted by Gasteiger charge is -2.25. The van der Waals surface area contributed by atoms with Gasteiger partial charge >= 0.3 is 0 Å². The van der Waals surface area contributed by atoms with Crippen LogP contribution in [0.15, 0.2) is 29.2 Å². The van der Waals surface area contributed by atoms with Crippen molar-refractivity contribution in [3.8, 4) is 0 Å². The van der Waals surface area contributed by atoms with Crippen molar-refractivity contribution in [2.45, 2.75) is 56.0 Å². The predicted molar refractivity (Wildman–Crippen MR) is 100 cm³/mol. The molecule has 7 nitrogen and oxygen atoms in total. The summed E-state index contributed by atoms with van der Waals surface area (Å²) in [5.74, 6) is 1.84. The van der Waals surface area contributed by atoms with Crippen LogP contribution in [0.5, 0.6) is 0 Å². The third-order valence-corrected chi connectivity index (χ3v) is 6.61. The number of sulfone groups is 1. The number of fused-ring (bicyclic) bond motifs is 1. The lowest BCUT2D eigenvalue weighted by atomic mass is 10.1. The monoisotopic (exact) mass is 388 g/mol. The number of hydrogen-bond donors (Lipinski definition) is 0. The highest BCUT2D eigenvalue weighted by atomic mass is 32.2. The molecule has 3 heterocycles. The molecule has 0 saturated carbocycles. The van der Waals surface area contributed by atoms with Crippen molar-refractivity contribution in [3.05, 3.63) is 41.5 Å². The summed E-state index contributed by atoms with van der Waals surface area (Å²) in [6, 6.07) is 6.12. The maximum atomic E-state index is 13.1. The molecular formula is C19H24N4O3S. The fourth-order valence-corrected chi connectivity index (χ4v) is 4.67. The predicted octanol–water partition coefficient (Wildman–Crippen LogP) is 2.39. The van der Waals surface area contributed by atoms with Crippen LogP contribution in [0.2, 0.25) is 0 Å². The fraction of sp³-hybridized carbons (Fsp3) is 0.526. The van der Waals surface area contributed by atoms with Crippen LogP contribution in [0.3, 0.4) is 0 Å². The van der Waals surface area contributed by atoms with Gasteiger partial charge in [0.25, 0.3) is 5.91 Å². The van der Waals surface area contributed by atoms with Crippen LogP contribution < -0.4 is 0 Å². The van der Waals surface area contributed by atoms with E-state index < -0.39 is 9.84 Å². The van der Waals surface area contributed by atoms with E-state index in [0.717, 1.165) is 56.6 Å². The Hall–Kier alpha value is -2.22. The smallest absolute Gasteiger partial charge is 0.254 e. The second kappa shape index (κ2) is 7.07. The van der Waals surface area contributed by atoms with E-state index in [-0.39, 0.29) is 16.8 Å². The van der Waals surface area contributed by atoms with E-state index in [0.29, 0.717) is 12.1 Å². The highest BCUT2D eigenvalue weighted by molar-refractivity contribution is 7.90. The SMILES string of the molecule is CS(=O)(=O)c1ccc(C(=O)N2CCC[C@@H]2c2nnc3n2CCCCC3)cc1. The van der Waals surface area contributed by atoms with Gasteiger partial charge in [-0.05, 0) is 49.9 Å². The first-order valence-corrected chi connectivity index (χ1v) is 11.4. The Morgan fingerprint density at radius 2 is 1.81 bits per heavy atom. The van der Waals surface area contributed by atoms with Crippen LogP contribution in [0.25, 0.3) is 0 Å².